The van der Waals surface area contributed by atoms with Crippen LogP contribution in [0.15, 0.2) is 0 Å². The van der Waals surface area contributed by atoms with Crippen LogP contribution in [0.5, 0.6) is 0 Å². The van der Waals surface area contributed by atoms with Gasteiger partial charge in [-0.3, -0.25) is 4.79 Å². The van der Waals surface area contributed by atoms with Gasteiger partial charge in [-0.15, -0.1) is 0 Å². The number of nitrogens with one attached hydrogen (secondary N) is 2. The maximum Gasteiger partial charge on any atom is 0.232 e. The first-order chi connectivity index (χ1) is 10.2. The maximum absolute atomic E-state index is 13.2. The smallest absolute Gasteiger partial charge is 0.232 e. The Morgan fingerprint density at radius 3 is 2.90 bits per heavy atom. The van der Waals surface area contributed by atoms with Crippen LogP contribution in [0.3, 0.4) is 0 Å². The number of piperidine rings is 1. The number of fused-ring (bicyclic) bond motifs is 1. The van der Waals surface area contributed by atoms with Gasteiger partial charge in [0.2, 0.25) is 5.91 Å². The molecule has 4 fully saturated rings. The van der Waals surface area contributed by atoms with Crippen LogP contribution in [0.2, 0.25) is 0 Å². The summed E-state index contributed by atoms with van der Waals surface area (Å²) in [5.74, 6) is 0.843. The molecule has 0 aromatic carbocycles. The number of carbonyl (C=O) groups is 1. The van der Waals surface area contributed by atoms with Crippen molar-refractivity contribution < 1.29 is 9.53 Å². The Labute approximate surface area is 126 Å². The summed E-state index contributed by atoms with van der Waals surface area (Å²) in [4.78, 5) is 15.4. The number of amides is 1. The number of nitrogens with zero attached hydrogens (tertiary/aromatic N) is 1. The number of rotatable bonds is 1. The summed E-state index contributed by atoms with van der Waals surface area (Å²) in [6.45, 7) is 7.38. The van der Waals surface area contributed by atoms with Gasteiger partial charge in [-0.25, -0.2) is 0 Å². The highest BCUT2D eigenvalue weighted by atomic mass is 16.5. The van der Waals surface area contributed by atoms with Crippen LogP contribution >= 0.6 is 0 Å². The van der Waals surface area contributed by atoms with Gasteiger partial charge in [-0.05, 0) is 56.7 Å². The molecule has 0 aromatic heterocycles. The summed E-state index contributed by atoms with van der Waals surface area (Å²) in [5, 5.41) is 6.89. The summed E-state index contributed by atoms with van der Waals surface area (Å²) in [7, 11) is 0. The summed E-state index contributed by atoms with van der Waals surface area (Å²) >= 11 is 0. The van der Waals surface area contributed by atoms with Crippen molar-refractivity contribution in [3.05, 3.63) is 0 Å². The third-order valence-electron chi connectivity index (χ3n) is 6.40. The van der Waals surface area contributed by atoms with E-state index in [1.807, 2.05) is 0 Å². The Bertz CT molecular complexity index is 422. The maximum atomic E-state index is 13.2. The molecule has 2 atom stereocenters. The van der Waals surface area contributed by atoms with E-state index >= 15 is 0 Å². The van der Waals surface area contributed by atoms with Crippen LogP contribution < -0.4 is 10.6 Å². The number of hydrogen-bond donors (Lipinski definition) is 2. The van der Waals surface area contributed by atoms with Gasteiger partial charge in [0.25, 0.3) is 0 Å². The van der Waals surface area contributed by atoms with Gasteiger partial charge < -0.3 is 20.3 Å². The van der Waals surface area contributed by atoms with Crippen LogP contribution in [0.1, 0.15) is 25.7 Å². The van der Waals surface area contributed by atoms with Gasteiger partial charge in [0.1, 0.15) is 0 Å². The summed E-state index contributed by atoms with van der Waals surface area (Å²) in [6, 6.07) is 0. The van der Waals surface area contributed by atoms with Crippen LogP contribution in [0.4, 0.5) is 0 Å². The zero-order valence-corrected chi connectivity index (χ0v) is 12.8. The molecular formula is C16H27N3O2. The highest BCUT2D eigenvalue weighted by Gasteiger charge is 2.54. The van der Waals surface area contributed by atoms with Gasteiger partial charge in [0, 0.05) is 26.2 Å². The third-order valence-corrected chi connectivity index (χ3v) is 6.40. The van der Waals surface area contributed by atoms with E-state index in [2.05, 4.69) is 15.5 Å². The summed E-state index contributed by atoms with van der Waals surface area (Å²) in [6.07, 6.45) is 4.67. The Balaban J connectivity index is 1.50. The summed E-state index contributed by atoms with van der Waals surface area (Å²) < 4.78 is 5.71. The van der Waals surface area contributed by atoms with Crippen molar-refractivity contribution in [1.29, 1.82) is 0 Å². The number of ether oxygens (including phenoxy) is 1. The molecule has 0 unspecified atom stereocenters. The van der Waals surface area contributed by atoms with Crippen LogP contribution in [0.25, 0.3) is 0 Å². The lowest BCUT2D eigenvalue weighted by atomic mass is 9.74. The molecule has 0 saturated carbocycles. The molecule has 5 heteroatoms. The second kappa shape index (κ2) is 5.21. The van der Waals surface area contributed by atoms with E-state index in [1.165, 1.54) is 19.3 Å². The molecule has 2 N–H and O–H groups in total. The lowest BCUT2D eigenvalue weighted by Gasteiger charge is -2.40. The van der Waals surface area contributed by atoms with E-state index in [9.17, 15) is 4.79 Å². The fourth-order valence-electron chi connectivity index (χ4n) is 4.94. The Hall–Kier alpha value is -0.650. The van der Waals surface area contributed by atoms with Crippen LogP contribution in [0, 0.1) is 16.7 Å². The molecule has 1 amide bonds. The molecule has 4 aliphatic heterocycles. The van der Waals surface area contributed by atoms with Crippen molar-refractivity contribution in [3.63, 3.8) is 0 Å². The first-order valence-corrected chi connectivity index (χ1v) is 8.53. The van der Waals surface area contributed by atoms with Crippen LogP contribution in [-0.2, 0) is 9.53 Å². The SMILES string of the molecule is O=C(N1CCC2(CCNCC2)C1)[C@]12CNC[C@H]1CCOC2. The van der Waals surface area contributed by atoms with Crippen molar-refractivity contribution in [2.45, 2.75) is 25.7 Å². The molecule has 0 bridgehead atoms. The van der Waals surface area contributed by atoms with E-state index < -0.39 is 0 Å². The van der Waals surface area contributed by atoms with Crippen molar-refractivity contribution in [1.82, 2.24) is 15.5 Å². The predicted octanol–water partition coefficient (Wildman–Crippen LogP) is 0.215. The molecule has 4 saturated heterocycles. The Morgan fingerprint density at radius 1 is 1.19 bits per heavy atom. The standard InChI is InChI=1S/C16H27N3O2/c20-14(16-10-18-9-13(16)1-8-21-12-16)19-7-4-15(11-19)2-5-17-6-3-15/h13,17-18H,1-12H2/t13-,16+/m1/s1. The zero-order chi connectivity index (χ0) is 14.3. The third kappa shape index (κ3) is 2.21. The van der Waals surface area contributed by atoms with E-state index in [1.54, 1.807) is 0 Å². The lowest BCUT2D eigenvalue weighted by Crippen LogP contribution is -2.53. The molecule has 0 aromatic rings. The molecular weight excluding hydrogens is 266 g/mol. The Kier molecular flexibility index (Phi) is 3.47. The van der Waals surface area contributed by atoms with Gasteiger partial charge in [-0.1, -0.05) is 0 Å². The van der Waals surface area contributed by atoms with E-state index in [0.717, 1.165) is 52.3 Å². The van der Waals surface area contributed by atoms with E-state index in [4.69, 9.17) is 4.74 Å². The number of hydrogen-bond acceptors (Lipinski definition) is 4. The largest absolute Gasteiger partial charge is 0.380 e. The van der Waals surface area contributed by atoms with Gasteiger partial charge in [0.15, 0.2) is 0 Å². The average Bonchev–Trinajstić information content (AvgIpc) is 3.13. The summed E-state index contributed by atoms with van der Waals surface area (Å²) in [5.41, 5.74) is 0.130. The minimum Gasteiger partial charge on any atom is -0.380 e. The van der Waals surface area contributed by atoms with Gasteiger partial charge >= 0.3 is 0 Å². The van der Waals surface area contributed by atoms with Gasteiger partial charge in [0.05, 0.1) is 12.0 Å². The molecule has 4 rings (SSSR count). The minimum absolute atomic E-state index is 0.267. The van der Waals surface area contributed by atoms with Crippen molar-refractivity contribution in [2.75, 3.05) is 52.5 Å². The highest BCUT2D eigenvalue weighted by molar-refractivity contribution is 5.84. The van der Waals surface area contributed by atoms with Gasteiger partial charge in [-0.2, -0.15) is 0 Å². The lowest BCUT2D eigenvalue weighted by molar-refractivity contribution is -0.152. The first kappa shape index (κ1) is 14.0. The second-order valence-electron chi connectivity index (χ2n) is 7.55. The Morgan fingerprint density at radius 2 is 2.05 bits per heavy atom. The monoisotopic (exact) mass is 293 g/mol. The molecule has 0 radical (unpaired) electrons. The molecule has 0 aliphatic carbocycles. The second-order valence-corrected chi connectivity index (χ2v) is 7.55. The molecule has 21 heavy (non-hydrogen) atoms. The van der Waals surface area contributed by atoms with Crippen molar-refractivity contribution >= 4 is 5.91 Å². The van der Waals surface area contributed by atoms with Crippen LogP contribution in [-0.4, -0.2) is 63.3 Å². The fraction of sp³-hybridized carbons (Fsp3) is 0.938. The highest BCUT2D eigenvalue weighted by Crippen LogP contribution is 2.44. The number of likely N-dealkylation sites (tertiary alicyclic amines) is 1. The number of carbonyl (C=O) groups excluding carboxylic acids is 1. The van der Waals surface area contributed by atoms with Crippen molar-refractivity contribution in [3.8, 4) is 0 Å². The molecule has 1 spiro atoms. The van der Waals surface area contributed by atoms with Crippen molar-refractivity contribution in [2.24, 2.45) is 16.7 Å². The molecule has 5 nitrogen and oxygen atoms in total. The predicted molar refractivity (Wildman–Crippen MR) is 80.0 cm³/mol. The van der Waals surface area contributed by atoms with E-state index in [0.29, 0.717) is 23.8 Å². The average molecular weight is 293 g/mol. The topological polar surface area (TPSA) is 53.6 Å². The quantitative estimate of drug-likeness (QED) is 0.726. The molecule has 4 aliphatic rings. The van der Waals surface area contributed by atoms with E-state index in [-0.39, 0.29) is 5.41 Å². The first-order valence-electron chi connectivity index (χ1n) is 8.53. The molecule has 118 valence electrons. The minimum atomic E-state index is -0.267. The molecule has 4 heterocycles. The zero-order valence-electron chi connectivity index (χ0n) is 12.8. The normalized spacial score (nSPS) is 38.7. The fourth-order valence-corrected chi connectivity index (χ4v) is 4.94.